The van der Waals surface area contributed by atoms with E-state index in [1.165, 1.54) is 5.56 Å². The van der Waals surface area contributed by atoms with Crippen LogP contribution in [-0.2, 0) is 0 Å². The first-order valence-corrected chi connectivity index (χ1v) is 7.66. The van der Waals surface area contributed by atoms with E-state index in [0.29, 0.717) is 5.56 Å². The molecule has 116 valence electrons. The molecular formula is C19H24N2O. The van der Waals surface area contributed by atoms with Crippen molar-refractivity contribution in [2.24, 2.45) is 0 Å². The molecule has 0 aliphatic rings. The first kappa shape index (κ1) is 16.1. The van der Waals surface area contributed by atoms with Gasteiger partial charge in [0.2, 0.25) is 0 Å². The maximum absolute atomic E-state index is 12.4. The number of hydrogen-bond donors (Lipinski definition) is 1. The molecule has 22 heavy (non-hydrogen) atoms. The lowest BCUT2D eigenvalue weighted by Crippen LogP contribution is -2.28. The predicted octanol–water partition coefficient (Wildman–Crippen LogP) is 3.94. The molecule has 0 fully saturated rings. The van der Waals surface area contributed by atoms with Gasteiger partial charge in [0, 0.05) is 25.3 Å². The van der Waals surface area contributed by atoms with E-state index >= 15 is 0 Å². The van der Waals surface area contributed by atoms with E-state index in [4.69, 9.17) is 0 Å². The average molecular weight is 296 g/mol. The van der Waals surface area contributed by atoms with Gasteiger partial charge in [-0.05, 0) is 43.2 Å². The number of anilines is 1. The van der Waals surface area contributed by atoms with Crippen LogP contribution in [0.5, 0.6) is 0 Å². The molecule has 0 spiro atoms. The van der Waals surface area contributed by atoms with Crippen molar-refractivity contribution in [2.45, 2.75) is 26.3 Å². The molecule has 3 nitrogen and oxygen atoms in total. The molecule has 0 saturated heterocycles. The predicted molar refractivity (Wildman–Crippen MR) is 92.4 cm³/mol. The number of amides is 1. The van der Waals surface area contributed by atoms with Crippen molar-refractivity contribution >= 4 is 11.6 Å². The summed E-state index contributed by atoms with van der Waals surface area (Å²) in [5, 5.41) is 3.11. The Balaban J connectivity index is 2.10. The number of carbonyl (C=O) groups excluding carboxylic acids is 1. The summed E-state index contributed by atoms with van der Waals surface area (Å²) in [6, 6.07) is 16.0. The topological polar surface area (TPSA) is 32.3 Å². The van der Waals surface area contributed by atoms with Crippen LogP contribution in [0.25, 0.3) is 0 Å². The molecule has 3 heteroatoms. The van der Waals surface area contributed by atoms with Crippen LogP contribution in [-0.4, -0.2) is 20.0 Å². The fraction of sp³-hybridized carbons (Fsp3) is 0.316. The van der Waals surface area contributed by atoms with Gasteiger partial charge >= 0.3 is 0 Å². The maximum Gasteiger partial charge on any atom is 0.251 e. The molecule has 0 aliphatic carbocycles. The monoisotopic (exact) mass is 296 g/mol. The zero-order valence-electron chi connectivity index (χ0n) is 13.8. The van der Waals surface area contributed by atoms with Gasteiger partial charge in [-0.15, -0.1) is 0 Å². The number of benzene rings is 2. The van der Waals surface area contributed by atoms with Gasteiger partial charge in [0.15, 0.2) is 0 Å². The fourth-order valence-electron chi connectivity index (χ4n) is 2.37. The summed E-state index contributed by atoms with van der Waals surface area (Å²) in [6.45, 7) is 4.15. The highest BCUT2D eigenvalue weighted by molar-refractivity contribution is 5.94. The van der Waals surface area contributed by atoms with Crippen LogP contribution in [0.4, 0.5) is 5.69 Å². The van der Waals surface area contributed by atoms with Crippen LogP contribution in [0.2, 0.25) is 0 Å². The Morgan fingerprint density at radius 2 is 1.64 bits per heavy atom. The second-order valence-electron chi connectivity index (χ2n) is 5.79. The molecule has 1 atom stereocenters. The first-order valence-electron chi connectivity index (χ1n) is 7.66. The van der Waals surface area contributed by atoms with Gasteiger partial charge < -0.3 is 10.2 Å². The number of nitrogens with one attached hydrogen (secondary N) is 1. The summed E-state index contributed by atoms with van der Waals surface area (Å²) >= 11 is 0. The SMILES string of the molecule is CC[C@H](NC(=O)c1ccc(N(C)C)cc1)c1ccc(C)cc1. The number of nitrogens with zero attached hydrogens (tertiary/aromatic N) is 1. The highest BCUT2D eigenvalue weighted by atomic mass is 16.1. The van der Waals surface area contributed by atoms with Gasteiger partial charge in [0.05, 0.1) is 6.04 Å². The van der Waals surface area contributed by atoms with Crippen LogP contribution < -0.4 is 10.2 Å². The Hall–Kier alpha value is -2.29. The van der Waals surface area contributed by atoms with Gasteiger partial charge in [-0.2, -0.15) is 0 Å². The van der Waals surface area contributed by atoms with Crippen molar-refractivity contribution in [3.8, 4) is 0 Å². The van der Waals surface area contributed by atoms with Crippen LogP contribution >= 0.6 is 0 Å². The molecule has 0 aromatic heterocycles. The first-order chi connectivity index (χ1) is 10.5. The van der Waals surface area contributed by atoms with Crippen molar-refractivity contribution in [1.82, 2.24) is 5.32 Å². The highest BCUT2D eigenvalue weighted by Crippen LogP contribution is 2.18. The van der Waals surface area contributed by atoms with Gasteiger partial charge in [-0.25, -0.2) is 0 Å². The van der Waals surface area contributed by atoms with E-state index in [0.717, 1.165) is 17.7 Å². The summed E-state index contributed by atoms with van der Waals surface area (Å²) in [6.07, 6.45) is 0.866. The summed E-state index contributed by atoms with van der Waals surface area (Å²) < 4.78 is 0. The van der Waals surface area contributed by atoms with Gasteiger partial charge in [0.1, 0.15) is 0 Å². The Morgan fingerprint density at radius 1 is 1.05 bits per heavy atom. The lowest BCUT2D eigenvalue weighted by Gasteiger charge is -2.18. The van der Waals surface area contributed by atoms with E-state index in [2.05, 4.69) is 43.4 Å². The molecule has 0 radical (unpaired) electrons. The van der Waals surface area contributed by atoms with Gasteiger partial charge in [-0.1, -0.05) is 36.8 Å². The minimum absolute atomic E-state index is 0.0299. The average Bonchev–Trinajstić information content (AvgIpc) is 2.53. The fourth-order valence-corrected chi connectivity index (χ4v) is 2.37. The number of carbonyl (C=O) groups is 1. The summed E-state index contributed by atoms with van der Waals surface area (Å²) in [5.74, 6) is -0.0299. The van der Waals surface area contributed by atoms with Crippen LogP contribution in [0.1, 0.15) is 40.9 Å². The van der Waals surface area contributed by atoms with E-state index in [1.54, 1.807) is 0 Å². The van der Waals surface area contributed by atoms with Gasteiger partial charge in [0.25, 0.3) is 5.91 Å². The molecule has 1 amide bonds. The van der Waals surface area contributed by atoms with E-state index in [-0.39, 0.29) is 11.9 Å². The molecule has 1 N–H and O–H groups in total. The zero-order chi connectivity index (χ0) is 16.1. The molecule has 0 unspecified atom stereocenters. The van der Waals surface area contributed by atoms with Crippen molar-refractivity contribution in [3.05, 3.63) is 65.2 Å². The molecule has 2 aromatic rings. The summed E-state index contributed by atoms with van der Waals surface area (Å²) in [4.78, 5) is 14.4. The third-order valence-corrected chi connectivity index (χ3v) is 3.84. The quantitative estimate of drug-likeness (QED) is 0.906. The molecule has 2 rings (SSSR count). The van der Waals surface area contributed by atoms with E-state index in [1.807, 2.05) is 43.3 Å². The molecule has 0 saturated carbocycles. The van der Waals surface area contributed by atoms with Crippen molar-refractivity contribution in [1.29, 1.82) is 0 Å². The minimum Gasteiger partial charge on any atom is -0.378 e. The van der Waals surface area contributed by atoms with E-state index < -0.39 is 0 Å². The number of hydrogen-bond acceptors (Lipinski definition) is 2. The Labute approximate surface area is 133 Å². The van der Waals surface area contributed by atoms with Crippen molar-refractivity contribution in [2.75, 3.05) is 19.0 Å². The molecule has 0 bridgehead atoms. The third-order valence-electron chi connectivity index (χ3n) is 3.84. The second kappa shape index (κ2) is 7.12. The molecule has 0 heterocycles. The Morgan fingerprint density at radius 3 is 2.14 bits per heavy atom. The van der Waals surface area contributed by atoms with Crippen molar-refractivity contribution < 1.29 is 4.79 Å². The zero-order valence-corrected chi connectivity index (χ0v) is 13.8. The third kappa shape index (κ3) is 3.88. The standard InChI is InChI=1S/C19H24N2O/c1-5-18(15-8-6-14(2)7-9-15)20-19(22)16-10-12-17(13-11-16)21(3)4/h6-13,18H,5H2,1-4H3,(H,20,22)/t18-/m0/s1. The Bertz CT molecular complexity index is 615. The molecule has 0 aliphatic heterocycles. The minimum atomic E-state index is -0.0299. The normalized spacial score (nSPS) is 11.8. The van der Waals surface area contributed by atoms with Crippen LogP contribution in [0.3, 0.4) is 0 Å². The highest BCUT2D eigenvalue weighted by Gasteiger charge is 2.14. The van der Waals surface area contributed by atoms with Gasteiger partial charge in [-0.3, -0.25) is 4.79 Å². The smallest absolute Gasteiger partial charge is 0.251 e. The lowest BCUT2D eigenvalue weighted by molar-refractivity contribution is 0.0935. The van der Waals surface area contributed by atoms with E-state index in [9.17, 15) is 4.79 Å². The maximum atomic E-state index is 12.4. The number of rotatable bonds is 5. The largest absolute Gasteiger partial charge is 0.378 e. The second-order valence-corrected chi connectivity index (χ2v) is 5.79. The molecular weight excluding hydrogens is 272 g/mol. The van der Waals surface area contributed by atoms with Crippen molar-refractivity contribution in [3.63, 3.8) is 0 Å². The number of aryl methyl sites for hydroxylation is 1. The molecule has 2 aromatic carbocycles. The summed E-state index contributed by atoms with van der Waals surface area (Å²) in [5.41, 5.74) is 4.15. The lowest BCUT2D eigenvalue weighted by atomic mass is 10.0. The van der Waals surface area contributed by atoms with Crippen LogP contribution in [0, 0.1) is 6.92 Å². The Kier molecular flexibility index (Phi) is 5.21. The summed E-state index contributed by atoms with van der Waals surface area (Å²) in [7, 11) is 3.97. The van der Waals surface area contributed by atoms with Crippen LogP contribution in [0.15, 0.2) is 48.5 Å².